The number of nitrogens with one attached hydrogen (secondary N) is 2. The number of ether oxygens (including phenoxy) is 1. The summed E-state index contributed by atoms with van der Waals surface area (Å²) in [6, 6.07) is 12.1. The summed E-state index contributed by atoms with van der Waals surface area (Å²) in [5.74, 6) is 1.67. The highest BCUT2D eigenvalue weighted by Gasteiger charge is 2.39. The van der Waals surface area contributed by atoms with Gasteiger partial charge in [-0.1, -0.05) is 12.1 Å². The lowest BCUT2D eigenvalue weighted by molar-refractivity contribution is -0.114. The summed E-state index contributed by atoms with van der Waals surface area (Å²) in [5.41, 5.74) is 2.81. The summed E-state index contributed by atoms with van der Waals surface area (Å²) in [7, 11) is 3.29. The number of aromatic amines is 1. The number of carbonyl (C=O) groups excluding carboxylic acids is 1. The van der Waals surface area contributed by atoms with Gasteiger partial charge in [-0.05, 0) is 19.1 Å². The number of para-hydroxylation sites is 2. The Hall–Kier alpha value is -3.48. The van der Waals surface area contributed by atoms with Crippen LogP contribution in [0.1, 0.15) is 12.7 Å². The Kier molecular flexibility index (Phi) is 3.99. The number of hydrogen-bond donors (Lipinski definition) is 3. The Morgan fingerprint density at radius 3 is 2.74 bits per heavy atom. The van der Waals surface area contributed by atoms with E-state index in [0.717, 1.165) is 11.0 Å². The number of carbonyl (C=O) groups is 1. The number of phenolic OH excluding ortho intramolecular Hbond substituents is 1. The number of hydrogen-bond acceptors (Lipinski definition) is 6. The third-order valence-corrected chi connectivity index (χ3v) is 4.74. The molecule has 1 atom stereocenters. The van der Waals surface area contributed by atoms with E-state index < -0.39 is 6.04 Å². The first-order valence-electron chi connectivity index (χ1n) is 8.62. The van der Waals surface area contributed by atoms with E-state index in [1.807, 2.05) is 36.1 Å². The lowest BCUT2D eigenvalue weighted by atomic mass is 10.1. The van der Waals surface area contributed by atoms with E-state index in [-0.39, 0.29) is 11.5 Å². The number of H-pyrrole nitrogens is 1. The van der Waals surface area contributed by atoms with Crippen LogP contribution in [0.15, 0.2) is 48.3 Å². The average molecular weight is 364 g/mol. The van der Waals surface area contributed by atoms with Crippen molar-refractivity contribution in [1.82, 2.24) is 15.3 Å². The van der Waals surface area contributed by atoms with Crippen LogP contribution in [0.4, 0.5) is 5.69 Å². The largest absolute Gasteiger partial charge is 0.508 e. The predicted octanol–water partition coefficient (Wildman–Crippen LogP) is 2.64. The number of aromatic hydroxyl groups is 1. The van der Waals surface area contributed by atoms with E-state index in [2.05, 4.69) is 15.3 Å². The molecule has 0 spiro atoms. The first kappa shape index (κ1) is 17.0. The predicted molar refractivity (Wildman–Crippen MR) is 104 cm³/mol. The molecule has 27 heavy (non-hydrogen) atoms. The number of nitrogens with zero attached hydrogens (tertiary/aromatic N) is 2. The molecule has 0 radical (unpaired) electrons. The van der Waals surface area contributed by atoms with Gasteiger partial charge in [-0.3, -0.25) is 4.79 Å². The second kappa shape index (κ2) is 6.35. The number of benzene rings is 2. The van der Waals surface area contributed by atoms with Crippen molar-refractivity contribution in [3.63, 3.8) is 0 Å². The highest BCUT2D eigenvalue weighted by molar-refractivity contribution is 6.27. The van der Waals surface area contributed by atoms with Crippen molar-refractivity contribution in [1.29, 1.82) is 0 Å². The second-order valence-electron chi connectivity index (χ2n) is 6.38. The summed E-state index contributed by atoms with van der Waals surface area (Å²) < 4.78 is 5.25. The van der Waals surface area contributed by atoms with Crippen molar-refractivity contribution in [2.45, 2.75) is 13.0 Å². The molecule has 2 aromatic carbocycles. The third kappa shape index (κ3) is 2.68. The van der Waals surface area contributed by atoms with Gasteiger partial charge in [0.2, 0.25) is 0 Å². The topological polar surface area (TPSA) is 90.5 Å². The van der Waals surface area contributed by atoms with E-state index in [9.17, 15) is 9.90 Å². The molecular formula is C20H20N4O3. The molecule has 0 bridgehead atoms. The van der Waals surface area contributed by atoms with Crippen molar-refractivity contribution in [2.75, 3.05) is 19.1 Å². The first-order chi connectivity index (χ1) is 13.0. The molecule has 2 heterocycles. The number of aromatic nitrogens is 2. The molecule has 0 fully saturated rings. The number of methoxy groups -OCH3 is 1. The smallest absolute Gasteiger partial charge is 0.192 e. The summed E-state index contributed by atoms with van der Waals surface area (Å²) in [4.78, 5) is 22.7. The molecule has 3 N–H and O–H groups in total. The van der Waals surface area contributed by atoms with Gasteiger partial charge in [0.15, 0.2) is 5.78 Å². The molecule has 1 aliphatic rings. The molecule has 1 unspecified atom stereocenters. The number of Topliss-reactive ketones (excluding diaryl/α,β-unsaturated/α-hetero) is 1. The number of anilines is 1. The van der Waals surface area contributed by atoms with Crippen LogP contribution < -0.4 is 15.0 Å². The lowest BCUT2D eigenvalue weighted by Gasteiger charge is -2.26. The minimum Gasteiger partial charge on any atom is -0.508 e. The maximum absolute atomic E-state index is 13.1. The maximum atomic E-state index is 13.1. The Labute approximate surface area is 156 Å². The van der Waals surface area contributed by atoms with Crippen LogP contribution in [0.5, 0.6) is 11.5 Å². The van der Waals surface area contributed by atoms with Gasteiger partial charge < -0.3 is 25.0 Å². The van der Waals surface area contributed by atoms with Crippen molar-refractivity contribution in [2.24, 2.45) is 0 Å². The second-order valence-corrected chi connectivity index (χ2v) is 6.38. The first-order valence-corrected chi connectivity index (χ1v) is 8.62. The van der Waals surface area contributed by atoms with Crippen molar-refractivity contribution >= 4 is 28.1 Å². The molecule has 0 aliphatic carbocycles. The van der Waals surface area contributed by atoms with Crippen LogP contribution in [0.25, 0.3) is 16.6 Å². The molecule has 7 heteroatoms. The summed E-state index contributed by atoms with van der Waals surface area (Å²) in [6.07, 6.45) is 0. The lowest BCUT2D eigenvalue weighted by Crippen LogP contribution is -2.35. The molecule has 0 saturated heterocycles. The molecule has 3 aromatic rings. The summed E-state index contributed by atoms with van der Waals surface area (Å²) in [5, 5.41) is 13.2. The molecule has 4 rings (SSSR count). The minimum atomic E-state index is -0.456. The van der Waals surface area contributed by atoms with Gasteiger partial charge in [0.25, 0.3) is 0 Å². The standard InChI is InChI=1S/C20H20N4O3/c1-11-18(26)17(19-22-15-6-4-5-7-16(15)23-19)20(21-2)24(11)12-8-13(25)10-14(9-12)27-3/h4-11,21,25H,1-3H3,(H,22,23). The van der Waals surface area contributed by atoms with Crippen LogP contribution in [-0.4, -0.2) is 41.1 Å². The molecule has 0 amide bonds. The van der Waals surface area contributed by atoms with E-state index in [0.29, 0.717) is 28.7 Å². The Balaban J connectivity index is 1.88. The minimum absolute atomic E-state index is 0.0549. The number of fused-ring (bicyclic) bond motifs is 1. The highest BCUT2D eigenvalue weighted by Crippen LogP contribution is 2.37. The zero-order valence-electron chi connectivity index (χ0n) is 15.3. The quantitative estimate of drug-likeness (QED) is 0.659. The fourth-order valence-electron chi connectivity index (χ4n) is 3.48. The number of ketones is 1. The molecule has 0 saturated carbocycles. The molecule has 1 aliphatic heterocycles. The van der Waals surface area contributed by atoms with E-state index in [1.54, 1.807) is 19.2 Å². The van der Waals surface area contributed by atoms with Crippen LogP contribution >= 0.6 is 0 Å². The van der Waals surface area contributed by atoms with Gasteiger partial charge in [0, 0.05) is 25.2 Å². The van der Waals surface area contributed by atoms with Gasteiger partial charge in [0.05, 0.1) is 29.9 Å². The summed E-state index contributed by atoms with van der Waals surface area (Å²) in [6.45, 7) is 1.83. The Morgan fingerprint density at radius 2 is 2.04 bits per heavy atom. The van der Waals surface area contributed by atoms with Gasteiger partial charge in [-0.2, -0.15) is 0 Å². The highest BCUT2D eigenvalue weighted by atomic mass is 16.5. The number of phenols is 1. The van der Waals surface area contributed by atoms with E-state index in [4.69, 9.17) is 4.74 Å². The van der Waals surface area contributed by atoms with Crippen LogP contribution in [0, 0.1) is 0 Å². The van der Waals surface area contributed by atoms with Crippen molar-refractivity contribution in [3.05, 3.63) is 54.1 Å². The zero-order valence-corrected chi connectivity index (χ0v) is 15.3. The number of imidazole rings is 1. The fourth-order valence-corrected chi connectivity index (χ4v) is 3.48. The van der Waals surface area contributed by atoms with Gasteiger partial charge >= 0.3 is 0 Å². The van der Waals surface area contributed by atoms with Crippen molar-refractivity contribution in [3.8, 4) is 11.5 Å². The Bertz CT molecular complexity index is 1040. The van der Waals surface area contributed by atoms with E-state index >= 15 is 0 Å². The zero-order chi connectivity index (χ0) is 19.1. The monoisotopic (exact) mass is 364 g/mol. The van der Waals surface area contributed by atoms with Crippen molar-refractivity contribution < 1.29 is 14.6 Å². The molecule has 1 aromatic heterocycles. The average Bonchev–Trinajstić information content (AvgIpc) is 3.19. The normalized spacial score (nSPS) is 17.1. The van der Waals surface area contributed by atoms with E-state index in [1.165, 1.54) is 13.2 Å². The van der Waals surface area contributed by atoms with Crippen LogP contribution in [0.3, 0.4) is 0 Å². The molecule has 7 nitrogen and oxygen atoms in total. The van der Waals surface area contributed by atoms with Gasteiger partial charge in [-0.15, -0.1) is 0 Å². The maximum Gasteiger partial charge on any atom is 0.192 e. The molecule has 138 valence electrons. The summed E-state index contributed by atoms with van der Waals surface area (Å²) >= 11 is 0. The van der Waals surface area contributed by atoms with Gasteiger partial charge in [0.1, 0.15) is 28.7 Å². The van der Waals surface area contributed by atoms with Gasteiger partial charge in [-0.25, -0.2) is 4.98 Å². The Morgan fingerprint density at radius 1 is 1.26 bits per heavy atom. The van der Waals surface area contributed by atoms with Crippen LogP contribution in [-0.2, 0) is 4.79 Å². The third-order valence-electron chi connectivity index (χ3n) is 4.74. The SMILES string of the molecule is CNC1=C(c2nc3ccccc3[nH]2)C(=O)C(C)N1c1cc(O)cc(OC)c1. The van der Waals surface area contributed by atoms with Crippen LogP contribution in [0.2, 0.25) is 0 Å². The molecular weight excluding hydrogens is 344 g/mol. The number of rotatable bonds is 4. The fraction of sp³-hybridized carbons (Fsp3) is 0.200.